The van der Waals surface area contributed by atoms with Gasteiger partial charge in [-0.2, -0.15) is 0 Å². The van der Waals surface area contributed by atoms with E-state index in [-0.39, 0.29) is 5.91 Å². The monoisotopic (exact) mass is 404 g/mol. The van der Waals surface area contributed by atoms with E-state index in [0.717, 1.165) is 29.5 Å². The molecule has 7 heteroatoms. The van der Waals surface area contributed by atoms with Gasteiger partial charge in [-0.05, 0) is 36.0 Å². The lowest BCUT2D eigenvalue weighted by Gasteiger charge is -2.35. The molecule has 0 aliphatic carbocycles. The van der Waals surface area contributed by atoms with Crippen LogP contribution in [0, 0.1) is 11.8 Å². The Morgan fingerprint density at radius 1 is 1.22 bits per heavy atom. The summed E-state index contributed by atoms with van der Waals surface area (Å²) in [7, 11) is 0. The second-order valence-corrected chi connectivity index (χ2v) is 8.69. The predicted molar refractivity (Wildman–Crippen MR) is 111 cm³/mol. The summed E-state index contributed by atoms with van der Waals surface area (Å²) in [6.45, 7) is 7.10. The lowest BCUT2D eigenvalue weighted by molar-refractivity contribution is -0.118. The summed E-state index contributed by atoms with van der Waals surface area (Å²) in [5.41, 5.74) is 1.02. The minimum atomic E-state index is -0.0182. The molecule has 1 fully saturated rings. The fourth-order valence-electron chi connectivity index (χ4n) is 3.43. The van der Waals surface area contributed by atoms with E-state index in [1.54, 1.807) is 6.33 Å². The standard InChI is InChI=1S/C20H25ClN4OS/c1-14-7-15(2)11-25(10-14)18-8-20(24-13-23-18)27-12-19(26)22-9-16-3-5-17(21)6-4-16/h3-6,8,13-15H,7,9-12H2,1-2H3,(H,22,26). The van der Waals surface area contributed by atoms with Crippen LogP contribution in [-0.4, -0.2) is 34.7 Å². The molecule has 2 atom stereocenters. The Bertz CT molecular complexity index is 761. The van der Waals surface area contributed by atoms with Crippen molar-refractivity contribution in [3.8, 4) is 0 Å². The fraction of sp³-hybridized carbons (Fsp3) is 0.450. The number of hydrogen-bond acceptors (Lipinski definition) is 5. The van der Waals surface area contributed by atoms with Crippen LogP contribution in [0.25, 0.3) is 0 Å². The number of rotatable bonds is 6. The topological polar surface area (TPSA) is 58.1 Å². The van der Waals surface area contributed by atoms with Crippen LogP contribution in [0.15, 0.2) is 41.7 Å². The van der Waals surface area contributed by atoms with Crippen molar-refractivity contribution in [2.75, 3.05) is 23.7 Å². The Labute approximate surface area is 169 Å². The fourth-order valence-corrected chi connectivity index (χ4v) is 4.24. The number of carbonyl (C=O) groups excluding carboxylic acids is 1. The summed E-state index contributed by atoms with van der Waals surface area (Å²) in [6, 6.07) is 9.45. The number of carbonyl (C=O) groups is 1. The van der Waals surface area contributed by atoms with Crippen LogP contribution in [0.3, 0.4) is 0 Å². The van der Waals surface area contributed by atoms with Gasteiger partial charge in [0.2, 0.25) is 5.91 Å². The number of anilines is 1. The predicted octanol–water partition coefficient (Wildman–Crippen LogP) is 4.02. The van der Waals surface area contributed by atoms with Crippen LogP contribution >= 0.6 is 23.4 Å². The van der Waals surface area contributed by atoms with E-state index in [9.17, 15) is 4.79 Å². The number of nitrogens with one attached hydrogen (secondary N) is 1. The molecule has 3 rings (SSSR count). The molecule has 1 saturated heterocycles. The number of amides is 1. The molecule has 0 radical (unpaired) electrons. The molecule has 2 aromatic rings. The SMILES string of the molecule is CC1CC(C)CN(c2cc(SCC(=O)NCc3ccc(Cl)cc3)ncn2)C1. The molecule has 2 unspecified atom stereocenters. The zero-order valence-corrected chi connectivity index (χ0v) is 17.3. The Morgan fingerprint density at radius 3 is 2.63 bits per heavy atom. The van der Waals surface area contributed by atoms with Crippen molar-refractivity contribution in [2.45, 2.75) is 31.8 Å². The summed E-state index contributed by atoms with van der Waals surface area (Å²) in [5.74, 6) is 2.59. The van der Waals surface area contributed by atoms with Crippen molar-refractivity contribution in [2.24, 2.45) is 11.8 Å². The third-order valence-corrected chi connectivity index (χ3v) is 5.75. The number of halogens is 1. The van der Waals surface area contributed by atoms with Crippen molar-refractivity contribution < 1.29 is 4.79 Å². The zero-order chi connectivity index (χ0) is 19.2. The van der Waals surface area contributed by atoms with E-state index in [1.807, 2.05) is 30.3 Å². The number of benzene rings is 1. The minimum absolute atomic E-state index is 0.0182. The summed E-state index contributed by atoms with van der Waals surface area (Å²) in [5, 5.41) is 4.44. The number of nitrogens with zero attached hydrogens (tertiary/aromatic N) is 3. The normalized spacial score (nSPS) is 19.7. The van der Waals surface area contributed by atoms with Crippen molar-refractivity contribution in [3.63, 3.8) is 0 Å². The van der Waals surface area contributed by atoms with E-state index in [2.05, 4.69) is 34.0 Å². The molecule has 1 amide bonds. The smallest absolute Gasteiger partial charge is 0.230 e. The van der Waals surface area contributed by atoms with Crippen molar-refractivity contribution in [3.05, 3.63) is 47.2 Å². The van der Waals surface area contributed by atoms with Gasteiger partial charge in [0.1, 0.15) is 17.2 Å². The van der Waals surface area contributed by atoms with Crippen molar-refractivity contribution >= 4 is 35.1 Å². The molecule has 5 nitrogen and oxygen atoms in total. The van der Waals surface area contributed by atoms with E-state index in [4.69, 9.17) is 11.6 Å². The van der Waals surface area contributed by atoms with Gasteiger partial charge < -0.3 is 10.2 Å². The largest absolute Gasteiger partial charge is 0.356 e. The third kappa shape index (κ3) is 6.11. The molecule has 0 saturated carbocycles. The molecule has 0 bridgehead atoms. The Hall–Kier alpha value is -1.79. The van der Waals surface area contributed by atoms with Crippen LogP contribution in [0.4, 0.5) is 5.82 Å². The Balaban J connectivity index is 1.50. The van der Waals surface area contributed by atoms with Gasteiger partial charge in [-0.3, -0.25) is 4.79 Å². The maximum atomic E-state index is 12.1. The van der Waals surface area contributed by atoms with Crippen LogP contribution in [0.5, 0.6) is 0 Å². The maximum absolute atomic E-state index is 12.1. The van der Waals surface area contributed by atoms with E-state index in [1.165, 1.54) is 18.2 Å². The van der Waals surface area contributed by atoms with E-state index < -0.39 is 0 Å². The molecule has 1 aliphatic rings. The second-order valence-electron chi connectivity index (χ2n) is 7.26. The molecular formula is C20H25ClN4OS. The first-order valence-electron chi connectivity index (χ1n) is 9.20. The molecular weight excluding hydrogens is 380 g/mol. The average Bonchev–Trinajstić information content (AvgIpc) is 2.65. The molecule has 2 heterocycles. The number of aromatic nitrogens is 2. The van der Waals surface area contributed by atoms with Crippen LogP contribution < -0.4 is 10.2 Å². The van der Waals surface area contributed by atoms with E-state index in [0.29, 0.717) is 29.2 Å². The van der Waals surface area contributed by atoms with E-state index >= 15 is 0 Å². The highest BCUT2D eigenvalue weighted by Gasteiger charge is 2.23. The van der Waals surface area contributed by atoms with Gasteiger partial charge in [-0.1, -0.05) is 49.3 Å². The lowest BCUT2D eigenvalue weighted by atomic mass is 9.92. The molecule has 1 aliphatic heterocycles. The van der Waals surface area contributed by atoms with Gasteiger partial charge in [0.25, 0.3) is 0 Å². The molecule has 0 spiro atoms. The van der Waals surface area contributed by atoms with Gasteiger partial charge >= 0.3 is 0 Å². The van der Waals surface area contributed by atoms with Gasteiger partial charge in [0.05, 0.1) is 5.75 Å². The van der Waals surface area contributed by atoms with Crippen LogP contribution in [0.2, 0.25) is 5.02 Å². The number of hydrogen-bond donors (Lipinski definition) is 1. The molecule has 27 heavy (non-hydrogen) atoms. The van der Waals surface area contributed by atoms with Crippen molar-refractivity contribution in [1.82, 2.24) is 15.3 Å². The first-order valence-corrected chi connectivity index (χ1v) is 10.6. The first-order chi connectivity index (χ1) is 13.0. The highest BCUT2D eigenvalue weighted by atomic mass is 35.5. The molecule has 1 aromatic carbocycles. The molecule has 1 aromatic heterocycles. The number of thioether (sulfide) groups is 1. The lowest BCUT2D eigenvalue weighted by Crippen LogP contribution is -2.39. The van der Waals surface area contributed by atoms with Gasteiger partial charge in [0, 0.05) is 30.7 Å². The van der Waals surface area contributed by atoms with Gasteiger partial charge in [0.15, 0.2) is 0 Å². The third-order valence-electron chi connectivity index (χ3n) is 4.57. The zero-order valence-electron chi connectivity index (χ0n) is 15.7. The van der Waals surface area contributed by atoms with Gasteiger partial charge in [-0.25, -0.2) is 9.97 Å². The maximum Gasteiger partial charge on any atom is 0.230 e. The Morgan fingerprint density at radius 2 is 1.93 bits per heavy atom. The van der Waals surface area contributed by atoms with Gasteiger partial charge in [-0.15, -0.1) is 0 Å². The van der Waals surface area contributed by atoms with Crippen LogP contribution in [0.1, 0.15) is 25.8 Å². The van der Waals surface area contributed by atoms with Crippen molar-refractivity contribution in [1.29, 1.82) is 0 Å². The summed E-state index contributed by atoms with van der Waals surface area (Å²) in [6.07, 6.45) is 2.85. The molecule has 144 valence electrons. The molecule has 1 N–H and O–H groups in total. The summed E-state index contributed by atoms with van der Waals surface area (Å²) in [4.78, 5) is 23.2. The second kappa shape index (κ2) is 9.42. The number of piperidine rings is 1. The summed E-state index contributed by atoms with van der Waals surface area (Å²) < 4.78 is 0. The summed E-state index contributed by atoms with van der Waals surface area (Å²) >= 11 is 7.31. The highest BCUT2D eigenvalue weighted by molar-refractivity contribution is 7.99. The average molecular weight is 405 g/mol. The van der Waals surface area contributed by atoms with Crippen LogP contribution in [-0.2, 0) is 11.3 Å². The highest BCUT2D eigenvalue weighted by Crippen LogP contribution is 2.26. The first kappa shape index (κ1) is 20.0. The Kier molecular flexibility index (Phi) is 6.96. The minimum Gasteiger partial charge on any atom is -0.356 e. The quantitative estimate of drug-likeness (QED) is 0.582.